The Morgan fingerprint density at radius 2 is 1.68 bits per heavy atom. The summed E-state index contributed by atoms with van der Waals surface area (Å²) in [6.07, 6.45) is 0. The second-order valence-corrected chi connectivity index (χ2v) is 7.03. The molecular weight excluding hydrogens is 297 g/mol. The van der Waals surface area contributed by atoms with Crippen LogP contribution in [-0.4, -0.2) is 11.2 Å². The van der Waals surface area contributed by atoms with Crippen LogP contribution in [0.3, 0.4) is 0 Å². The summed E-state index contributed by atoms with van der Waals surface area (Å²) in [4.78, 5) is 13.5. The van der Waals surface area contributed by atoms with E-state index in [4.69, 9.17) is 0 Å². The zero-order valence-electron chi connectivity index (χ0n) is 13.0. The number of thioether (sulfide) groups is 1. The molecule has 4 heteroatoms. The summed E-state index contributed by atoms with van der Waals surface area (Å²) in [6.45, 7) is 6.09. The molecule has 0 saturated carbocycles. The molecule has 0 radical (unpaired) electrons. The lowest BCUT2D eigenvalue weighted by molar-refractivity contribution is 0.0937. The number of carbonyl (C=O) groups is 1. The van der Waals surface area contributed by atoms with Gasteiger partial charge in [-0.2, -0.15) is 0 Å². The monoisotopic (exact) mass is 317 g/mol. The fourth-order valence-corrected chi connectivity index (χ4v) is 3.07. The van der Waals surface area contributed by atoms with Crippen molar-refractivity contribution in [1.29, 1.82) is 0 Å². The second kappa shape index (κ2) is 7.45. The molecule has 0 saturated heterocycles. The number of halogens is 1. The van der Waals surface area contributed by atoms with E-state index in [0.717, 1.165) is 10.5 Å². The third-order valence-electron chi connectivity index (χ3n) is 3.21. The Morgan fingerprint density at radius 1 is 1.05 bits per heavy atom. The molecule has 0 aromatic heterocycles. The molecule has 0 bridgehead atoms. The first-order valence-electron chi connectivity index (χ1n) is 7.29. The first kappa shape index (κ1) is 16.6. The Hall–Kier alpha value is -1.81. The number of benzene rings is 2. The van der Waals surface area contributed by atoms with Crippen molar-refractivity contribution in [3.8, 4) is 0 Å². The summed E-state index contributed by atoms with van der Waals surface area (Å²) in [5, 5.41) is 3.38. The van der Waals surface area contributed by atoms with Gasteiger partial charge in [0, 0.05) is 10.1 Å². The molecule has 0 fully saturated rings. The van der Waals surface area contributed by atoms with E-state index in [0.29, 0.717) is 10.8 Å². The van der Waals surface area contributed by atoms with Crippen LogP contribution in [-0.2, 0) is 0 Å². The molecule has 2 aromatic rings. The van der Waals surface area contributed by atoms with Crippen molar-refractivity contribution in [2.24, 2.45) is 0 Å². The number of nitrogens with one attached hydrogen (secondary N) is 1. The normalized spacial score (nSPS) is 12.2. The van der Waals surface area contributed by atoms with Crippen LogP contribution < -0.4 is 5.32 Å². The number of rotatable bonds is 5. The smallest absolute Gasteiger partial charge is 0.252 e. The number of carbonyl (C=O) groups excluding carboxylic acids is 1. The molecule has 2 nitrogen and oxygen atoms in total. The Morgan fingerprint density at radius 3 is 2.32 bits per heavy atom. The van der Waals surface area contributed by atoms with Crippen molar-refractivity contribution in [2.45, 2.75) is 37.0 Å². The number of hydrogen-bond acceptors (Lipinski definition) is 2. The van der Waals surface area contributed by atoms with E-state index >= 15 is 0 Å². The molecule has 0 aliphatic carbocycles. The van der Waals surface area contributed by atoms with Gasteiger partial charge in [-0.25, -0.2) is 4.39 Å². The van der Waals surface area contributed by atoms with Crippen molar-refractivity contribution in [1.82, 2.24) is 5.32 Å². The Bertz CT molecular complexity index is 640. The van der Waals surface area contributed by atoms with Gasteiger partial charge in [-0.1, -0.05) is 38.1 Å². The van der Waals surface area contributed by atoms with Gasteiger partial charge in [0.2, 0.25) is 0 Å². The molecule has 0 spiro atoms. The van der Waals surface area contributed by atoms with Crippen molar-refractivity contribution in [3.05, 3.63) is 65.5 Å². The number of hydrogen-bond donors (Lipinski definition) is 1. The van der Waals surface area contributed by atoms with Gasteiger partial charge in [-0.15, -0.1) is 11.8 Å². The first-order chi connectivity index (χ1) is 10.5. The lowest BCUT2D eigenvalue weighted by Crippen LogP contribution is -2.27. The molecule has 1 N–H and O–H groups in total. The van der Waals surface area contributed by atoms with Gasteiger partial charge in [0.1, 0.15) is 5.82 Å². The van der Waals surface area contributed by atoms with Gasteiger partial charge in [-0.05, 0) is 36.8 Å². The number of amides is 1. The Labute approximate surface area is 135 Å². The minimum atomic E-state index is -0.277. The molecule has 1 amide bonds. The lowest BCUT2D eigenvalue weighted by Gasteiger charge is -2.16. The van der Waals surface area contributed by atoms with Crippen molar-refractivity contribution >= 4 is 17.7 Å². The fraction of sp³-hybridized carbons (Fsp3) is 0.278. The van der Waals surface area contributed by atoms with E-state index in [9.17, 15) is 9.18 Å². The van der Waals surface area contributed by atoms with Crippen molar-refractivity contribution < 1.29 is 9.18 Å². The summed E-state index contributed by atoms with van der Waals surface area (Å²) < 4.78 is 13.0. The van der Waals surface area contributed by atoms with Crippen LogP contribution >= 0.6 is 11.8 Å². The first-order valence-corrected chi connectivity index (χ1v) is 8.17. The molecular formula is C18H20FNOS. The van der Waals surface area contributed by atoms with Crippen LogP contribution in [0.5, 0.6) is 0 Å². The van der Waals surface area contributed by atoms with Crippen LogP contribution in [0.4, 0.5) is 4.39 Å². The predicted molar refractivity (Wildman–Crippen MR) is 89.7 cm³/mol. The van der Waals surface area contributed by atoms with E-state index in [1.807, 2.05) is 31.2 Å². The molecule has 0 aliphatic rings. The SMILES string of the molecule is CC(C)Sc1ccccc1C(=O)N[C@H](C)c1ccc(F)cc1. The minimum Gasteiger partial charge on any atom is -0.345 e. The van der Waals surface area contributed by atoms with E-state index in [1.54, 1.807) is 23.9 Å². The average Bonchev–Trinajstić information content (AvgIpc) is 2.47. The highest BCUT2D eigenvalue weighted by atomic mass is 32.2. The molecule has 22 heavy (non-hydrogen) atoms. The molecule has 1 atom stereocenters. The molecule has 0 unspecified atom stereocenters. The van der Waals surface area contributed by atoms with E-state index in [1.165, 1.54) is 12.1 Å². The summed E-state index contributed by atoms with van der Waals surface area (Å²) in [5.41, 5.74) is 1.55. The van der Waals surface area contributed by atoms with Crippen molar-refractivity contribution in [3.63, 3.8) is 0 Å². The third kappa shape index (κ3) is 4.34. The van der Waals surface area contributed by atoms with Crippen LogP contribution in [0.15, 0.2) is 53.4 Å². The maximum absolute atomic E-state index is 13.0. The average molecular weight is 317 g/mol. The van der Waals surface area contributed by atoms with Crippen LogP contribution in [0, 0.1) is 5.82 Å². The zero-order valence-corrected chi connectivity index (χ0v) is 13.8. The molecule has 2 aromatic carbocycles. The third-order valence-corrected chi connectivity index (χ3v) is 4.29. The van der Waals surface area contributed by atoms with Crippen LogP contribution in [0.2, 0.25) is 0 Å². The highest BCUT2D eigenvalue weighted by molar-refractivity contribution is 8.00. The largest absolute Gasteiger partial charge is 0.345 e. The van der Waals surface area contributed by atoms with E-state index in [2.05, 4.69) is 19.2 Å². The van der Waals surface area contributed by atoms with Gasteiger partial charge < -0.3 is 5.32 Å². The van der Waals surface area contributed by atoms with Gasteiger partial charge in [-0.3, -0.25) is 4.79 Å². The van der Waals surface area contributed by atoms with E-state index < -0.39 is 0 Å². The highest BCUT2D eigenvalue weighted by Crippen LogP contribution is 2.27. The summed E-state index contributed by atoms with van der Waals surface area (Å²) in [6, 6.07) is 13.6. The maximum Gasteiger partial charge on any atom is 0.252 e. The van der Waals surface area contributed by atoms with Crippen LogP contribution in [0.1, 0.15) is 42.7 Å². The van der Waals surface area contributed by atoms with Gasteiger partial charge in [0.05, 0.1) is 11.6 Å². The summed E-state index contributed by atoms with van der Waals surface area (Å²) in [7, 11) is 0. The Kier molecular flexibility index (Phi) is 5.61. The van der Waals surface area contributed by atoms with Gasteiger partial charge in [0.25, 0.3) is 5.91 Å². The molecule has 0 heterocycles. The summed E-state index contributed by atoms with van der Waals surface area (Å²) in [5.74, 6) is -0.387. The van der Waals surface area contributed by atoms with E-state index in [-0.39, 0.29) is 17.8 Å². The predicted octanol–water partition coefficient (Wildman–Crippen LogP) is 4.82. The van der Waals surface area contributed by atoms with Crippen LogP contribution in [0.25, 0.3) is 0 Å². The van der Waals surface area contributed by atoms with Gasteiger partial charge in [0.15, 0.2) is 0 Å². The fourth-order valence-electron chi connectivity index (χ4n) is 2.12. The van der Waals surface area contributed by atoms with Gasteiger partial charge >= 0.3 is 0 Å². The second-order valence-electron chi connectivity index (χ2n) is 5.41. The molecule has 2 rings (SSSR count). The zero-order chi connectivity index (χ0) is 16.1. The molecule has 0 aliphatic heterocycles. The minimum absolute atomic E-state index is 0.111. The molecule has 116 valence electrons. The maximum atomic E-state index is 13.0. The van der Waals surface area contributed by atoms with Crippen molar-refractivity contribution in [2.75, 3.05) is 0 Å². The lowest BCUT2D eigenvalue weighted by atomic mass is 10.1. The quantitative estimate of drug-likeness (QED) is 0.801. The standard InChI is InChI=1S/C18H20FNOS/c1-12(2)22-17-7-5-4-6-16(17)18(21)20-13(3)14-8-10-15(19)11-9-14/h4-13H,1-3H3,(H,20,21)/t13-/m1/s1. The Balaban J connectivity index is 2.13. The topological polar surface area (TPSA) is 29.1 Å². The highest BCUT2D eigenvalue weighted by Gasteiger charge is 2.15. The summed E-state index contributed by atoms with van der Waals surface area (Å²) >= 11 is 1.67.